The standard InChI is InChI=1S/C10H23N3O/c1-4-5-7-13(8-6-11)9(2)10(14)12-3/h9H,4-8,11H2,1-3H3,(H,12,14). The highest BCUT2D eigenvalue weighted by Crippen LogP contribution is 2.01. The maximum atomic E-state index is 11.4. The largest absolute Gasteiger partial charge is 0.358 e. The highest BCUT2D eigenvalue weighted by molar-refractivity contribution is 5.80. The van der Waals surface area contributed by atoms with Crippen LogP contribution in [-0.2, 0) is 4.79 Å². The smallest absolute Gasteiger partial charge is 0.236 e. The van der Waals surface area contributed by atoms with E-state index in [2.05, 4.69) is 17.1 Å². The molecular formula is C10H23N3O. The molecule has 0 spiro atoms. The Morgan fingerprint density at radius 3 is 2.57 bits per heavy atom. The molecule has 1 unspecified atom stereocenters. The van der Waals surface area contributed by atoms with Crippen LogP contribution in [0.2, 0.25) is 0 Å². The van der Waals surface area contributed by atoms with Gasteiger partial charge in [-0.1, -0.05) is 13.3 Å². The molecule has 0 bridgehead atoms. The van der Waals surface area contributed by atoms with Gasteiger partial charge in [-0.15, -0.1) is 0 Å². The zero-order valence-electron chi connectivity index (χ0n) is 9.55. The summed E-state index contributed by atoms with van der Waals surface area (Å²) in [4.78, 5) is 13.5. The fraction of sp³-hybridized carbons (Fsp3) is 0.900. The van der Waals surface area contributed by atoms with E-state index in [1.165, 1.54) is 0 Å². The van der Waals surface area contributed by atoms with Crippen LogP contribution in [0, 0.1) is 0 Å². The number of rotatable bonds is 7. The van der Waals surface area contributed by atoms with Crippen molar-refractivity contribution in [1.29, 1.82) is 0 Å². The van der Waals surface area contributed by atoms with Crippen molar-refractivity contribution in [1.82, 2.24) is 10.2 Å². The van der Waals surface area contributed by atoms with E-state index in [1.54, 1.807) is 7.05 Å². The summed E-state index contributed by atoms with van der Waals surface area (Å²) in [7, 11) is 1.67. The third-order valence-corrected chi connectivity index (χ3v) is 2.39. The van der Waals surface area contributed by atoms with Crippen LogP contribution in [0.25, 0.3) is 0 Å². The summed E-state index contributed by atoms with van der Waals surface area (Å²) in [5.41, 5.74) is 5.51. The van der Waals surface area contributed by atoms with Gasteiger partial charge in [0.1, 0.15) is 0 Å². The third-order valence-electron chi connectivity index (χ3n) is 2.39. The van der Waals surface area contributed by atoms with E-state index in [0.717, 1.165) is 25.9 Å². The number of carbonyl (C=O) groups excluding carboxylic acids is 1. The number of unbranched alkanes of at least 4 members (excludes halogenated alkanes) is 1. The first-order valence-corrected chi connectivity index (χ1v) is 5.33. The van der Waals surface area contributed by atoms with Crippen molar-refractivity contribution in [3.8, 4) is 0 Å². The first kappa shape index (κ1) is 13.4. The lowest BCUT2D eigenvalue weighted by Crippen LogP contribution is -2.46. The Kier molecular flexibility index (Phi) is 7.42. The normalized spacial score (nSPS) is 12.9. The Bertz CT molecular complexity index is 161. The number of hydrogen-bond donors (Lipinski definition) is 2. The molecule has 0 aromatic carbocycles. The van der Waals surface area contributed by atoms with E-state index in [9.17, 15) is 4.79 Å². The van der Waals surface area contributed by atoms with Crippen molar-refractivity contribution in [2.24, 2.45) is 5.73 Å². The van der Waals surface area contributed by atoms with Crippen LogP contribution in [-0.4, -0.2) is 43.5 Å². The highest BCUT2D eigenvalue weighted by Gasteiger charge is 2.18. The van der Waals surface area contributed by atoms with Gasteiger partial charge in [0, 0.05) is 20.1 Å². The van der Waals surface area contributed by atoms with E-state index >= 15 is 0 Å². The summed E-state index contributed by atoms with van der Waals surface area (Å²) >= 11 is 0. The zero-order chi connectivity index (χ0) is 11.0. The maximum Gasteiger partial charge on any atom is 0.236 e. The van der Waals surface area contributed by atoms with Gasteiger partial charge in [-0.25, -0.2) is 0 Å². The van der Waals surface area contributed by atoms with Gasteiger partial charge in [-0.2, -0.15) is 0 Å². The van der Waals surface area contributed by atoms with Crippen LogP contribution in [0.5, 0.6) is 0 Å². The molecule has 0 saturated heterocycles. The molecule has 0 aromatic heterocycles. The van der Waals surface area contributed by atoms with E-state index in [4.69, 9.17) is 5.73 Å². The van der Waals surface area contributed by atoms with Crippen molar-refractivity contribution in [3.63, 3.8) is 0 Å². The van der Waals surface area contributed by atoms with Crippen LogP contribution in [0.4, 0.5) is 0 Å². The van der Waals surface area contributed by atoms with Crippen molar-refractivity contribution < 1.29 is 4.79 Å². The van der Waals surface area contributed by atoms with E-state index in [1.807, 2.05) is 6.92 Å². The Balaban J connectivity index is 4.09. The summed E-state index contributed by atoms with van der Waals surface area (Å²) in [5, 5.41) is 2.66. The van der Waals surface area contributed by atoms with Crippen LogP contribution >= 0.6 is 0 Å². The summed E-state index contributed by atoms with van der Waals surface area (Å²) in [6.07, 6.45) is 2.25. The molecule has 0 aliphatic heterocycles. The molecule has 3 N–H and O–H groups in total. The lowest BCUT2D eigenvalue weighted by molar-refractivity contribution is -0.125. The van der Waals surface area contributed by atoms with Gasteiger partial charge >= 0.3 is 0 Å². The van der Waals surface area contributed by atoms with Gasteiger partial charge in [-0.3, -0.25) is 9.69 Å². The number of carbonyl (C=O) groups is 1. The monoisotopic (exact) mass is 201 g/mol. The number of hydrogen-bond acceptors (Lipinski definition) is 3. The predicted octanol–water partition coefficient (Wildman–Crippen LogP) is 0.182. The van der Waals surface area contributed by atoms with Crippen molar-refractivity contribution in [2.45, 2.75) is 32.7 Å². The molecule has 4 heteroatoms. The van der Waals surface area contributed by atoms with Gasteiger partial charge in [0.2, 0.25) is 5.91 Å². The molecule has 0 aliphatic carbocycles. The molecule has 0 aliphatic rings. The minimum atomic E-state index is -0.0740. The van der Waals surface area contributed by atoms with Crippen LogP contribution < -0.4 is 11.1 Å². The highest BCUT2D eigenvalue weighted by atomic mass is 16.2. The Hall–Kier alpha value is -0.610. The minimum Gasteiger partial charge on any atom is -0.358 e. The SMILES string of the molecule is CCCCN(CCN)C(C)C(=O)NC. The second kappa shape index (κ2) is 7.76. The second-order valence-corrected chi connectivity index (χ2v) is 3.47. The van der Waals surface area contributed by atoms with Gasteiger partial charge in [0.15, 0.2) is 0 Å². The maximum absolute atomic E-state index is 11.4. The number of nitrogens with two attached hydrogens (primary N) is 1. The van der Waals surface area contributed by atoms with Crippen LogP contribution in [0.1, 0.15) is 26.7 Å². The van der Waals surface area contributed by atoms with Gasteiger partial charge in [0.25, 0.3) is 0 Å². The van der Waals surface area contributed by atoms with Gasteiger partial charge in [0.05, 0.1) is 6.04 Å². The lowest BCUT2D eigenvalue weighted by Gasteiger charge is -2.27. The lowest BCUT2D eigenvalue weighted by atomic mass is 10.2. The van der Waals surface area contributed by atoms with Crippen LogP contribution in [0.15, 0.2) is 0 Å². The van der Waals surface area contributed by atoms with E-state index in [0.29, 0.717) is 6.54 Å². The molecule has 0 aromatic rings. The first-order chi connectivity index (χ1) is 6.67. The molecule has 0 heterocycles. The molecule has 84 valence electrons. The van der Waals surface area contributed by atoms with Crippen LogP contribution in [0.3, 0.4) is 0 Å². The Morgan fingerprint density at radius 1 is 1.50 bits per heavy atom. The number of nitrogens with one attached hydrogen (secondary N) is 1. The molecule has 14 heavy (non-hydrogen) atoms. The molecule has 0 rings (SSSR count). The molecule has 1 atom stereocenters. The molecule has 0 radical (unpaired) electrons. The fourth-order valence-corrected chi connectivity index (χ4v) is 1.40. The second-order valence-electron chi connectivity index (χ2n) is 3.47. The van der Waals surface area contributed by atoms with Crippen molar-refractivity contribution in [3.05, 3.63) is 0 Å². The van der Waals surface area contributed by atoms with E-state index in [-0.39, 0.29) is 11.9 Å². The summed E-state index contributed by atoms with van der Waals surface area (Å²) in [6.45, 7) is 6.40. The fourth-order valence-electron chi connectivity index (χ4n) is 1.40. The predicted molar refractivity (Wildman–Crippen MR) is 59.1 cm³/mol. The molecule has 4 nitrogen and oxygen atoms in total. The number of amides is 1. The van der Waals surface area contributed by atoms with Crippen molar-refractivity contribution in [2.75, 3.05) is 26.7 Å². The molecule has 0 saturated carbocycles. The molecule has 0 fully saturated rings. The Morgan fingerprint density at radius 2 is 2.14 bits per heavy atom. The number of nitrogens with zero attached hydrogens (tertiary/aromatic N) is 1. The average molecular weight is 201 g/mol. The first-order valence-electron chi connectivity index (χ1n) is 5.33. The minimum absolute atomic E-state index is 0.0644. The zero-order valence-corrected chi connectivity index (χ0v) is 9.55. The Labute approximate surface area is 86.8 Å². The average Bonchev–Trinajstić information content (AvgIpc) is 2.22. The summed E-state index contributed by atoms with van der Waals surface area (Å²) in [5.74, 6) is 0.0644. The topological polar surface area (TPSA) is 58.4 Å². The summed E-state index contributed by atoms with van der Waals surface area (Å²) in [6, 6.07) is -0.0740. The molecular weight excluding hydrogens is 178 g/mol. The number of likely N-dealkylation sites (N-methyl/N-ethyl adjacent to an activating group) is 1. The van der Waals surface area contributed by atoms with Gasteiger partial charge in [-0.05, 0) is 19.9 Å². The van der Waals surface area contributed by atoms with Crippen molar-refractivity contribution >= 4 is 5.91 Å². The quantitative estimate of drug-likeness (QED) is 0.618. The summed E-state index contributed by atoms with van der Waals surface area (Å²) < 4.78 is 0. The van der Waals surface area contributed by atoms with Gasteiger partial charge < -0.3 is 11.1 Å². The van der Waals surface area contributed by atoms with E-state index < -0.39 is 0 Å². The third kappa shape index (κ3) is 4.58. The molecule has 1 amide bonds.